The number of aromatic nitrogens is 3. The van der Waals surface area contributed by atoms with Crippen LogP contribution < -0.4 is 0 Å². The third kappa shape index (κ3) is 3.01. The lowest BCUT2D eigenvalue weighted by Gasteiger charge is -2.09. The molecule has 3 nitrogen and oxygen atoms in total. The van der Waals surface area contributed by atoms with E-state index in [-0.39, 0.29) is 0 Å². The Balaban J connectivity index is 1.66. The Labute approximate surface area is 164 Å². The van der Waals surface area contributed by atoms with E-state index in [1.54, 1.807) is 0 Å². The van der Waals surface area contributed by atoms with Crippen molar-refractivity contribution in [3.8, 4) is 22.8 Å². The summed E-state index contributed by atoms with van der Waals surface area (Å²) < 4.78 is 0. The van der Waals surface area contributed by atoms with Gasteiger partial charge in [0.1, 0.15) is 5.82 Å². The zero-order valence-electron chi connectivity index (χ0n) is 15.6. The molecule has 0 radical (unpaired) electrons. The molecule has 134 valence electrons. The minimum absolute atomic E-state index is 0.708. The van der Waals surface area contributed by atoms with Crippen LogP contribution in [0, 0.1) is 6.92 Å². The van der Waals surface area contributed by atoms with E-state index in [4.69, 9.17) is 4.98 Å². The highest BCUT2D eigenvalue weighted by atomic mass is 15.0. The van der Waals surface area contributed by atoms with Gasteiger partial charge in [-0.3, -0.25) is 0 Å². The van der Waals surface area contributed by atoms with Crippen LogP contribution in [0.2, 0.25) is 0 Å². The summed E-state index contributed by atoms with van der Waals surface area (Å²) >= 11 is 0. The molecule has 1 aliphatic rings. The van der Waals surface area contributed by atoms with Crippen molar-refractivity contribution in [3.05, 3.63) is 89.8 Å². The van der Waals surface area contributed by atoms with Crippen LogP contribution in [-0.4, -0.2) is 15.0 Å². The predicted octanol–water partition coefficient (Wildman–Crippen LogP) is 6.10. The molecule has 1 heterocycles. The Morgan fingerprint density at radius 1 is 0.714 bits per heavy atom. The number of fused-ring (bicyclic) bond motifs is 2. The van der Waals surface area contributed by atoms with E-state index >= 15 is 0 Å². The first-order chi connectivity index (χ1) is 13.8. The van der Waals surface area contributed by atoms with E-state index in [1.807, 2.05) is 19.1 Å². The van der Waals surface area contributed by atoms with Gasteiger partial charge in [-0.2, -0.15) is 0 Å². The summed E-state index contributed by atoms with van der Waals surface area (Å²) in [6, 6.07) is 20.9. The second-order valence-electron chi connectivity index (χ2n) is 6.94. The minimum Gasteiger partial charge on any atom is -0.213 e. The highest BCUT2D eigenvalue weighted by Crippen LogP contribution is 2.29. The van der Waals surface area contributed by atoms with Crippen LogP contribution in [0.15, 0.2) is 72.8 Å². The highest BCUT2D eigenvalue weighted by molar-refractivity contribution is 5.95. The van der Waals surface area contributed by atoms with Gasteiger partial charge < -0.3 is 0 Å². The Kier molecular flexibility index (Phi) is 4.06. The summed E-state index contributed by atoms with van der Waals surface area (Å²) in [5, 5.41) is 2.33. The molecular formula is C25H19N3. The number of allylic oxidation sites excluding steroid dienone is 2. The third-order valence-electron chi connectivity index (χ3n) is 4.99. The standard InChI is InChI=1S/C25H19N3/c1-17-26-24(21-15-14-18-8-3-2-4-10-20(18)16-21)28-25(27-17)23-13-7-11-19-9-5-6-12-22(19)23/h3-16H,2H2,1H3. The van der Waals surface area contributed by atoms with Crippen molar-refractivity contribution in [3.63, 3.8) is 0 Å². The predicted molar refractivity (Wildman–Crippen MR) is 116 cm³/mol. The van der Waals surface area contributed by atoms with Crippen molar-refractivity contribution in [2.24, 2.45) is 0 Å². The Morgan fingerprint density at radius 2 is 1.50 bits per heavy atom. The quantitative estimate of drug-likeness (QED) is 0.433. The maximum Gasteiger partial charge on any atom is 0.164 e. The van der Waals surface area contributed by atoms with Gasteiger partial charge in [-0.15, -0.1) is 0 Å². The molecule has 0 N–H and O–H groups in total. The molecule has 0 amide bonds. The zero-order chi connectivity index (χ0) is 18.9. The van der Waals surface area contributed by atoms with Crippen LogP contribution >= 0.6 is 0 Å². The molecule has 28 heavy (non-hydrogen) atoms. The van der Waals surface area contributed by atoms with Gasteiger partial charge in [0, 0.05) is 11.1 Å². The molecule has 0 atom stereocenters. The van der Waals surface area contributed by atoms with Gasteiger partial charge in [-0.05, 0) is 41.3 Å². The normalized spacial score (nSPS) is 12.8. The van der Waals surface area contributed by atoms with Crippen molar-refractivity contribution in [1.82, 2.24) is 15.0 Å². The molecule has 4 aromatic rings. The van der Waals surface area contributed by atoms with Gasteiger partial charge in [0.2, 0.25) is 0 Å². The van der Waals surface area contributed by atoms with Gasteiger partial charge in [0.05, 0.1) is 0 Å². The fourth-order valence-corrected chi connectivity index (χ4v) is 3.63. The molecule has 1 aliphatic carbocycles. The molecule has 0 aliphatic heterocycles. The minimum atomic E-state index is 0.708. The van der Waals surface area contributed by atoms with Crippen molar-refractivity contribution in [1.29, 1.82) is 0 Å². The van der Waals surface area contributed by atoms with Gasteiger partial charge >= 0.3 is 0 Å². The van der Waals surface area contributed by atoms with E-state index < -0.39 is 0 Å². The number of hydrogen-bond acceptors (Lipinski definition) is 3. The summed E-state index contributed by atoms with van der Waals surface area (Å²) in [6.07, 6.45) is 9.64. The summed E-state index contributed by atoms with van der Waals surface area (Å²) in [4.78, 5) is 14.1. The average Bonchev–Trinajstić information content (AvgIpc) is 2.97. The number of nitrogens with zero attached hydrogens (tertiary/aromatic N) is 3. The Hall–Kier alpha value is -3.59. The van der Waals surface area contributed by atoms with Gasteiger partial charge in [0.25, 0.3) is 0 Å². The number of benzene rings is 3. The maximum atomic E-state index is 4.83. The van der Waals surface area contributed by atoms with E-state index in [0.717, 1.165) is 28.8 Å². The van der Waals surface area contributed by atoms with Crippen LogP contribution in [0.4, 0.5) is 0 Å². The molecule has 1 aromatic heterocycles. The first kappa shape index (κ1) is 16.6. The van der Waals surface area contributed by atoms with Gasteiger partial charge in [-0.1, -0.05) is 78.9 Å². The first-order valence-electron chi connectivity index (χ1n) is 9.46. The van der Waals surface area contributed by atoms with E-state index in [9.17, 15) is 0 Å². The smallest absolute Gasteiger partial charge is 0.164 e. The van der Waals surface area contributed by atoms with E-state index in [2.05, 4.69) is 82.8 Å². The molecule has 5 rings (SSSR count). The van der Waals surface area contributed by atoms with E-state index in [0.29, 0.717) is 11.6 Å². The SMILES string of the molecule is Cc1nc(-c2ccc3c(c2)C=CCC=C3)nc(-c2cccc3ccccc23)n1. The van der Waals surface area contributed by atoms with Crippen molar-refractivity contribution >= 4 is 22.9 Å². The Morgan fingerprint density at radius 3 is 2.43 bits per heavy atom. The van der Waals surface area contributed by atoms with Crippen LogP contribution in [0.3, 0.4) is 0 Å². The van der Waals surface area contributed by atoms with Crippen LogP contribution in [-0.2, 0) is 0 Å². The van der Waals surface area contributed by atoms with Crippen LogP contribution in [0.1, 0.15) is 23.4 Å². The fraction of sp³-hybridized carbons (Fsp3) is 0.0800. The molecule has 3 heteroatoms. The maximum absolute atomic E-state index is 4.83. The lowest BCUT2D eigenvalue weighted by molar-refractivity contribution is 0.993. The monoisotopic (exact) mass is 361 g/mol. The zero-order valence-corrected chi connectivity index (χ0v) is 15.6. The molecule has 0 saturated heterocycles. The highest BCUT2D eigenvalue weighted by Gasteiger charge is 2.12. The summed E-state index contributed by atoms with van der Waals surface area (Å²) in [5.74, 6) is 2.14. The van der Waals surface area contributed by atoms with Gasteiger partial charge in [0.15, 0.2) is 11.6 Å². The number of rotatable bonds is 2. The molecule has 0 fully saturated rings. The summed E-state index contributed by atoms with van der Waals surface area (Å²) in [6.45, 7) is 1.92. The lowest BCUT2D eigenvalue weighted by atomic mass is 10.0. The first-order valence-corrected chi connectivity index (χ1v) is 9.46. The fourth-order valence-electron chi connectivity index (χ4n) is 3.63. The second-order valence-corrected chi connectivity index (χ2v) is 6.94. The molecule has 3 aromatic carbocycles. The molecule has 0 saturated carbocycles. The Bertz CT molecular complexity index is 1250. The molecular weight excluding hydrogens is 342 g/mol. The largest absolute Gasteiger partial charge is 0.213 e. The second kappa shape index (κ2) is 6.86. The van der Waals surface area contributed by atoms with Gasteiger partial charge in [-0.25, -0.2) is 15.0 Å². The van der Waals surface area contributed by atoms with Crippen LogP contribution in [0.5, 0.6) is 0 Å². The molecule has 0 spiro atoms. The van der Waals surface area contributed by atoms with Crippen molar-refractivity contribution < 1.29 is 0 Å². The summed E-state index contributed by atoms with van der Waals surface area (Å²) in [5.41, 5.74) is 4.45. The lowest BCUT2D eigenvalue weighted by Crippen LogP contribution is -2.00. The number of aryl methyl sites for hydroxylation is 1. The average molecular weight is 361 g/mol. The van der Waals surface area contributed by atoms with Crippen LogP contribution in [0.25, 0.3) is 45.7 Å². The number of hydrogen-bond donors (Lipinski definition) is 0. The van der Waals surface area contributed by atoms with E-state index in [1.165, 1.54) is 16.5 Å². The van der Waals surface area contributed by atoms with Crippen molar-refractivity contribution in [2.45, 2.75) is 13.3 Å². The topological polar surface area (TPSA) is 38.7 Å². The van der Waals surface area contributed by atoms with Crippen molar-refractivity contribution in [2.75, 3.05) is 0 Å². The summed E-state index contributed by atoms with van der Waals surface area (Å²) in [7, 11) is 0. The molecule has 0 unspecified atom stereocenters. The molecule has 0 bridgehead atoms. The third-order valence-corrected chi connectivity index (χ3v) is 4.99.